The molecule has 3 amide bonds. The number of nitrogens with one attached hydrogen (secondary N) is 3. The SMILES string of the molecule is CC(=O)C(N=Nc1ccccc1C(=O)O)C(=O)NC1CCC2NC(=O)NC2C1. The maximum Gasteiger partial charge on any atom is 0.337 e. The molecule has 10 nitrogen and oxygen atoms in total. The molecule has 1 aromatic carbocycles. The molecule has 0 bridgehead atoms. The van der Waals surface area contributed by atoms with Crippen LogP contribution in [0.15, 0.2) is 34.5 Å². The van der Waals surface area contributed by atoms with Gasteiger partial charge in [0.25, 0.3) is 5.91 Å². The number of Topliss-reactive ketones (excluding diaryl/α,β-unsaturated/α-hetero) is 1. The molecule has 28 heavy (non-hydrogen) atoms. The van der Waals surface area contributed by atoms with Gasteiger partial charge in [-0.1, -0.05) is 12.1 Å². The van der Waals surface area contributed by atoms with Crippen molar-refractivity contribution in [1.29, 1.82) is 0 Å². The highest BCUT2D eigenvalue weighted by Gasteiger charge is 2.38. The summed E-state index contributed by atoms with van der Waals surface area (Å²) in [6, 6.07) is 4.16. The summed E-state index contributed by atoms with van der Waals surface area (Å²) >= 11 is 0. The molecule has 2 aliphatic rings. The van der Waals surface area contributed by atoms with Gasteiger partial charge in [0.15, 0.2) is 5.78 Å². The number of urea groups is 1. The number of nitrogens with zero attached hydrogens (tertiary/aromatic N) is 2. The Kier molecular flexibility index (Phi) is 5.67. The number of carbonyl (C=O) groups excluding carboxylic acids is 3. The van der Waals surface area contributed by atoms with Crippen LogP contribution in [0.3, 0.4) is 0 Å². The van der Waals surface area contributed by atoms with Crippen molar-refractivity contribution in [2.75, 3.05) is 0 Å². The Morgan fingerprint density at radius 2 is 1.89 bits per heavy atom. The molecule has 10 heteroatoms. The zero-order valence-corrected chi connectivity index (χ0v) is 15.2. The lowest BCUT2D eigenvalue weighted by Crippen LogP contribution is -2.50. The Balaban J connectivity index is 1.67. The van der Waals surface area contributed by atoms with E-state index in [1.165, 1.54) is 19.1 Å². The Labute approximate surface area is 160 Å². The third-order valence-electron chi connectivity index (χ3n) is 4.88. The van der Waals surface area contributed by atoms with Crippen LogP contribution >= 0.6 is 0 Å². The van der Waals surface area contributed by atoms with Crippen molar-refractivity contribution in [3.63, 3.8) is 0 Å². The molecule has 0 aromatic heterocycles. The van der Waals surface area contributed by atoms with E-state index in [9.17, 15) is 24.3 Å². The number of fused-ring (bicyclic) bond motifs is 1. The van der Waals surface area contributed by atoms with Gasteiger partial charge < -0.3 is 21.1 Å². The van der Waals surface area contributed by atoms with Crippen LogP contribution in [0.4, 0.5) is 10.5 Å². The highest BCUT2D eigenvalue weighted by atomic mass is 16.4. The van der Waals surface area contributed by atoms with Crippen molar-refractivity contribution in [2.45, 2.75) is 50.4 Å². The standard InChI is InChI=1S/C18H21N5O5/c1-9(24)15(23-22-12-5-3-2-4-11(12)17(26)27)16(25)19-10-6-7-13-14(8-10)21-18(28)20-13/h2-5,10,13-15H,6-8H2,1H3,(H,19,25)(H,26,27)(H2,20,21,28). The quantitative estimate of drug-likeness (QED) is 0.426. The van der Waals surface area contributed by atoms with Gasteiger partial charge in [-0.3, -0.25) is 9.59 Å². The number of carboxylic acid groups (broad SMARTS) is 1. The molecule has 4 N–H and O–H groups in total. The minimum absolute atomic E-state index is 0.0523. The van der Waals surface area contributed by atoms with E-state index in [1.54, 1.807) is 12.1 Å². The van der Waals surface area contributed by atoms with Crippen molar-refractivity contribution in [2.24, 2.45) is 10.2 Å². The van der Waals surface area contributed by atoms with E-state index in [4.69, 9.17) is 0 Å². The van der Waals surface area contributed by atoms with Gasteiger partial charge in [0, 0.05) is 6.04 Å². The highest BCUT2D eigenvalue weighted by Crippen LogP contribution is 2.23. The van der Waals surface area contributed by atoms with Crippen molar-refractivity contribution >= 4 is 29.4 Å². The van der Waals surface area contributed by atoms with Gasteiger partial charge in [0.2, 0.25) is 6.04 Å². The number of ketones is 1. The molecule has 4 atom stereocenters. The predicted octanol–water partition coefficient (Wildman–Crippen LogP) is 1.14. The number of carbonyl (C=O) groups is 4. The molecule has 1 saturated carbocycles. The molecule has 1 aliphatic carbocycles. The number of benzene rings is 1. The fraction of sp³-hybridized carbons (Fsp3) is 0.444. The number of hydrogen-bond acceptors (Lipinski definition) is 6. The second kappa shape index (κ2) is 8.15. The number of azo groups is 1. The summed E-state index contributed by atoms with van der Waals surface area (Å²) in [5.41, 5.74) is -0.00828. The summed E-state index contributed by atoms with van der Waals surface area (Å²) in [6.07, 6.45) is 1.93. The van der Waals surface area contributed by atoms with Gasteiger partial charge in [-0.2, -0.15) is 10.2 Å². The first kappa shape index (κ1) is 19.5. The normalized spacial score (nSPS) is 24.8. The highest BCUT2D eigenvalue weighted by molar-refractivity contribution is 6.04. The monoisotopic (exact) mass is 387 g/mol. The minimum Gasteiger partial charge on any atom is -0.478 e. The summed E-state index contributed by atoms with van der Waals surface area (Å²) in [4.78, 5) is 47.1. The van der Waals surface area contributed by atoms with Gasteiger partial charge in [0.05, 0.1) is 23.3 Å². The average molecular weight is 387 g/mol. The minimum atomic E-state index is -1.36. The van der Waals surface area contributed by atoms with E-state index in [1.807, 2.05) is 0 Å². The van der Waals surface area contributed by atoms with Crippen molar-refractivity contribution < 1.29 is 24.3 Å². The van der Waals surface area contributed by atoms with E-state index >= 15 is 0 Å². The average Bonchev–Trinajstić information content (AvgIpc) is 3.01. The molecule has 148 valence electrons. The summed E-state index contributed by atoms with van der Waals surface area (Å²) < 4.78 is 0. The van der Waals surface area contributed by atoms with Gasteiger partial charge in [0.1, 0.15) is 0 Å². The first-order chi connectivity index (χ1) is 13.3. The first-order valence-electron chi connectivity index (χ1n) is 8.96. The fourth-order valence-electron chi connectivity index (χ4n) is 3.47. The van der Waals surface area contributed by atoms with Crippen LogP contribution in [-0.4, -0.2) is 53.0 Å². The van der Waals surface area contributed by atoms with Gasteiger partial charge >= 0.3 is 12.0 Å². The Morgan fingerprint density at radius 3 is 2.61 bits per heavy atom. The lowest BCUT2D eigenvalue weighted by molar-refractivity contribution is -0.129. The zero-order chi connectivity index (χ0) is 20.3. The maximum atomic E-state index is 12.5. The number of carboxylic acids is 1. The first-order valence-corrected chi connectivity index (χ1v) is 8.96. The van der Waals surface area contributed by atoms with Crippen LogP contribution in [-0.2, 0) is 9.59 Å². The molecule has 4 unspecified atom stereocenters. The van der Waals surface area contributed by atoms with Crippen LogP contribution in [0.1, 0.15) is 36.5 Å². The van der Waals surface area contributed by atoms with Crippen LogP contribution in [0.2, 0.25) is 0 Å². The summed E-state index contributed by atoms with van der Waals surface area (Å²) in [5.74, 6) is -2.27. The number of rotatable bonds is 6. The lowest BCUT2D eigenvalue weighted by atomic mass is 9.87. The van der Waals surface area contributed by atoms with Crippen LogP contribution in [0, 0.1) is 0 Å². The van der Waals surface area contributed by atoms with Gasteiger partial charge in [-0.15, -0.1) is 0 Å². The van der Waals surface area contributed by atoms with E-state index in [0.29, 0.717) is 19.3 Å². The summed E-state index contributed by atoms with van der Waals surface area (Å²) in [6.45, 7) is 1.23. The number of amides is 3. The molecular formula is C18H21N5O5. The molecule has 3 rings (SSSR count). The maximum absolute atomic E-state index is 12.5. The molecule has 0 radical (unpaired) electrons. The number of hydrogen-bond donors (Lipinski definition) is 4. The molecule has 1 heterocycles. The third kappa shape index (κ3) is 4.33. The molecule has 0 spiro atoms. The fourth-order valence-corrected chi connectivity index (χ4v) is 3.47. The predicted molar refractivity (Wildman–Crippen MR) is 97.4 cm³/mol. The summed E-state index contributed by atoms with van der Waals surface area (Å²) in [7, 11) is 0. The van der Waals surface area contributed by atoms with Crippen LogP contribution in [0.5, 0.6) is 0 Å². The van der Waals surface area contributed by atoms with E-state index in [2.05, 4.69) is 26.2 Å². The Hall–Kier alpha value is -3.30. The van der Waals surface area contributed by atoms with Crippen LogP contribution < -0.4 is 16.0 Å². The molecule has 1 saturated heterocycles. The Morgan fingerprint density at radius 1 is 1.18 bits per heavy atom. The molecule has 1 aliphatic heterocycles. The largest absolute Gasteiger partial charge is 0.478 e. The van der Waals surface area contributed by atoms with Crippen molar-refractivity contribution in [1.82, 2.24) is 16.0 Å². The van der Waals surface area contributed by atoms with Crippen LogP contribution in [0.25, 0.3) is 0 Å². The topological polar surface area (TPSA) is 149 Å². The molecule has 1 aromatic rings. The summed E-state index contributed by atoms with van der Waals surface area (Å²) in [5, 5.41) is 25.2. The van der Waals surface area contributed by atoms with E-state index in [0.717, 1.165) is 0 Å². The van der Waals surface area contributed by atoms with Crippen molar-refractivity contribution in [3.05, 3.63) is 29.8 Å². The molecular weight excluding hydrogens is 366 g/mol. The Bertz CT molecular complexity index is 839. The smallest absolute Gasteiger partial charge is 0.337 e. The van der Waals surface area contributed by atoms with Crippen molar-refractivity contribution in [3.8, 4) is 0 Å². The van der Waals surface area contributed by atoms with Gasteiger partial charge in [-0.25, -0.2) is 9.59 Å². The zero-order valence-electron chi connectivity index (χ0n) is 15.2. The van der Waals surface area contributed by atoms with E-state index < -0.39 is 23.7 Å². The second-order valence-corrected chi connectivity index (χ2v) is 6.90. The second-order valence-electron chi connectivity index (χ2n) is 6.90. The number of aromatic carboxylic acids is 1. The van der Waals surface area contributed by atoms with E-state index in [-0.39, 0.29) is 35.4 Å². The lowest BCUT2D eigenvalue weighted by Gasteiger charge is -2.31. The molecule has 2 fully saturated rings. The van der Waals surface area contributed by atoms with Gasteiger partial charge in [-0.05, 0) is 38.3 Å². The third-order valence-corrected chi connectivity index (χ3v) is 4.88.